The predicted octanol–water partition coefficient (Wildman–Crippen LogP) is 2.18. The van der Waals surface area contributed by atoms with E-state index in [9.17, 15) is 14.0 Å². The number of aromatic nitrogens is 4. The fourth-order valence-electron chi connectivity index (χ4n) is 2.97. The van der Waals surface area contributed by atoms with Crippen LogP contribution < -0.4 is 10.2 Å². The molecule has 1 aliphatic heterocycles. The van der Waals surface area contributed by atoms with Crippen molar-refractivity contribution < 1.29 is 14.0 Å². The topological polar surface area (TPSA) is 93.0 Å². The first kappa shape index (κ1) is 16.8. The fraction of sp³-hybridized carbons (Fsp3) is 0.167. The average Bonchev–Trinajstić information content (AvgIpc) is 3.35. The SMILES string of the molecule is O=C(Nc1ccc(F)c(N2CCCC2=O)c1)c1cccnc1-n1cncn1. The van der Waals surface area contributed by atoms with Crippen LogP contribution in [0.3, 0.4) is 0 Å². The van der Waals surface area contributed by atoms with Gasteiger partial charge in [-0.25, -0.2) is 19.0 Å². The second-order valence-electron chi connectivity index (χ2n) is 5.98. The minimum Gasteiger partial charge on any atom is -0.322 e. The molecule has 3 aromatic rings. The van der Waals surface area contributed by atoms with Gasteiger partial charge in [0, 0.05) is 24.8 Å². The third kappa shape index (κ3) is 3.26. The molecule has 1 aromatic carbocycles. The molecule has 2 amide bonds. The molecule has 0 aliphatic carbocycles. The number of pyridine rings is 1. The Kier molecular flexibility index (Phi) is 4.33. The summed E-state index contributed by atoms with van der Waals surface area (Å²) in [4.78, 5) is 34.1. The predicted molar refractivity (Wildman–Crippen MR) is 95.1 cm³/mol. The molecule has 1 saturated heterocycles. The number of amides is 2. The summed E-state index contributed by atoms with van der Waals surface area (Å²) in [6, 6.07) is 7.38. The molecule has 2 aromatic heterocycles. The molecule has 4 rings (SSSR count). The van der Waals surface area contributed by atoms with E-state index in [0.717, 1.165) is 0 Å². The molecule has 136 valence electrons. The summed E-state index contributed by atoms with van der Waals surface area (Å²) >= 11 is 0. The third-order valence-electron chi connectivity index (χ3n) is 4.24. The highest BCUT2D eigenvalue weighted by Crippen LogP contribution is 2.28. The molecule has 9 heteroatoms. The molecule has 27 heavy (non-hydrogen) atoms. The molecule has 1 fully saturated rings. The smallest absolute Gasteiger partial charge is 0.259 e. The van der Waals surface area contributed by atoms with E-state index < -0.39 is 11.7 Å². The highest BCUT2D eigenvalue weighted by atomic mass is 19.1. The van der Waals surface area contributed by atoms with Gasteiger partial charge in [-0.15, -0.1) is 0 Å². The average molecular weight is 366 g/mol. The van der Waals surface area contributed by atoms with E-state index in [1.54, 1.807) is 18.3 Å². The lowest BCUT2D eigenvalue weighted by Crippen LogP contribution is -2.25. The zero-order valence-electron chi connectivity index (χ0n) is 14.2. The van der Waals surface area contributed by atoms with Crippen molar-refractivity contribution in [2.75, 3.05) is 16.8 Å². The molecular weight excluding hydrogens is 351 g/mol. The van der Waals surface area contributed by atoms with Gasteiger partial charge in [0.2, 0.25) is 5.91 Å². The molecule has 0 spiro atoms. The lowest BCUT2D eigenvalue weighted by Gasteiger charge is -2.18. The van der Waals surface area contributed by atoms with Crippen molar-refractivity contribution in [3.05, 3.63) is 60.6 Å². The van der Waals surface area contributed by atoms with E-state index in [1.807, 2.05) is 0 Å². The molecule has 0 bridgehead atoms. The molecule has 0 atom stereocenters. The van der Waals surface area contributed by atoms with Crippen molar-refractivity contribution in [2.45, 2.75) is 12.8 Å². The van der Waals surface area contributed by atoms with Crippen LogP contribution in [0.15, 0.2) is 49.2 Å². The Balaban J connectivity index is 1.62. The zero-order chi connectivity index (χ0) is 18.8. The Morgan fingerprint density at radius 1 is 1.26 bits per heavy atom. The number of carbonyl (C=O) groups is 2. The Labute approximate surface area is 153 Å². The first-order valence-electron chi connectivity index (χ1n) is 8.35. The minimum atomic E-state index is -0.507. The van der Waals surface area contributed by atoms with Crippen LogP contribution in [-0.2, 0) is 4.79 Å². The van der Waals surface area contributed by atoms with Gasteiger partial charge >= 0.3 is 0 Å². The summed E-state index contributed by atoms with van der Waals surface area (Å²) in [5.41, 5.74) is 0.827. The highest BCUT2D eigenvalue weighted by molar-refractivity contribution is 6.06. The van der Waals surface area contributed by atoms with E-state index >= 15 is 0 Å². The van der Waals surface area contributed by atoms with Crippen LogP contribution >= 0.6 is 0 Å². The maximum Gasteiger partial charge on any atom is 0.259 e. The number of halogens is 1. The number of hydrogen-bond acceptors (Lipinski definition) is 5. The maximum absolute atomic E-state index is 14.2. The van der Waals surface area contributed by atoms with Gasteiger partial charge in [0.15, 0.2) is 5.82 Å². The van der Waals surface area contributed by atoms with Crippen LogP contribution in [0.4, 0.5) is 15.8 Å². The van der Waals surface area contributed by atoms with Crippen LogP contribution in [0, 0.1) is 5.82 Å². The summed E-state index contributed by atoms with van der Waals surface area (Å²) in [5, 5.41) is 6.71. The fourth-order valence-corrected chi connectivity index (χ4v) is 2.97. The number of carbonyl (C=O) groups excluding carboxylic acids is 2. The molecule has 0 saturated carbocycles. The van der Waals surface area contributed by atoms with Gasteiger partial charge in [-0.1, -0.05) is 0 Å². The Morgan fingerprint density at radius 2 is 2.15 bits per heavy atom. The van der Waals surface area contributed by atoms with Crippen LogP contribution in [-0.4, -0.2) is 38.1 Å². The van der Waals surface area contributed by atoms with Gasteiger partial charge in [-0.2, -0.15) is 5.10 Å². The van der Waals surface area contributed by atoms with Crippen molar-refractivity contribution in [1.29, 1.82) is 0 Å². The largest absolute Gasteiger partial charge is 0.322 e. The van der Waals surface area contributed by atoms with Crippen LogP contribution in [0.25, 0.3) is 5.82 Å². The lowest BCUT2D eigenvalue weighted by atomic mass is 10.2. The third-order valence-corrected chi connectivity index (χ3v) is 4.24. The van der Waals surface area contributed by atoms with Gasteiger partial charge in [0.1, 0.15) is 18.5 Å². The number of nitrogens with one attached hydrogen (secondary N) is 1. The van der Waals surface area contributed by atoms with Crippen molar-refractivity contribution in [2.24, 2.45) is 0 Å². The van der Waals surface area contributed by atoms with Crippen LogP contribution in [0.5, 0.6) is 0 Å². The van der Waals surface area contributed by atoms with E-state index in [-0.39, 0.29) is 17.2 Å². The Morgan fingerprint density at radius 3 is 2.89 bits per heavy atom. The van der Waals surface area contributed by atoms with Crippen molar-refractivity contribution in [3.8, 4) is 5.82 Å². The monoisotopic (exact) mass is 366 g/mol. The van der Waals surface area contributed by atoms with E-state index in [0.29, 0.717) is 30.9 Å². The first-order chi connectivity index (χ1) is 13.1. The van der Waals surface area contributed by atoms with Crippen molar-refractivity contribution in [1.82, 2.24) is 19.7 Å². The number of anilines is 2. The summed E-state index contributed by atoms with van der Waals surface area (Å²) in [5.74, 6) is -0.741. The van der Waals surface area contributed by atoms with Gasteiger partial charge in [0.25, 0.3) is 5.91 Å². The van der Waals surface area contributed by atoms with Crippen LogP contribution in [0.2, 0.25) is 0 Å². The van der Waals surface area contributed by atoms with E-state index in [2.05, 4.69) is 20.4 Å². The molecule has 0 unspecified atom stereocenters. The second-order valence-corrected chi connectivity index (χ2v) is 5.98. The quantitative estimate of drug-likeness (QED) is 0.764. The van der Waals surface area contributed by atoms with Crippen molar-refractivity contribution >= 4 is 23.2 Å². The van der Waals surface area contributed by atoms with Crippen LogP contribution in [0.1, 0.15) is 23.2 Å². The van der Waals surface area contributed by atoms with Gasteiger partial charge in [-0.05, 0) is 36.8 Å². The molecule has 1 aliphatic rings. The minimum absolute atomic E-state index is 0.127. The van der Waals surface area contributed by atoms with Crippen molar-refractivity contribution in [3.63, 3.8) is 0 Å². The summed E-state index contributed by atoms with van der Waals surface area (Å²) in [7, 11) is 0. The highest BCUT2D eigenvalue weighted by Gasteiger charge is 2.25. The van der Waals surface area contributed by atoms with E-state index in [4.69, 9.17) is 0 Å². The molecule has 8 nitrogen and oxygen atoms in total. The zero-order valence-corrected chi connectivity index (χ0v) is 14.2. The van der Waals surface area contributed by atoms with Gasteiger partial charge < -0.3 is 10.2 Å². The Bertz CT molecular complexity index is 1000. The number of rotatable bonds is 4. The van der Waals surface area contributed by atoms with Gasteiger partial charge in [-0.3, -0.25) is 9.59 Å². The molecular formula is C18H15FN6O2. The summed E-state index contributed by atoms with van der Waals surface area (Å²) in [6.07, 6.45) is 5.41. The second kappa shape index (κ2) is 6.94. The first-order valence-corrected chi connectivity index (χ1v) is 8.35. The van der Waals surface area contributed by atoms with E-state index in [1.165, 1.54) is 40.4 Å². The maximum atomic E-state index is 14.2. The number of hydrogen-bond donors (Lipinski definition) is 1. The molecule has 3 heterocycles. The lowest BCUT2D eigenvalue weighted by molar-refractivity contribution is -0.117. The molecule has 1 N–H and O–H groups in total. The van der Waals surface area contributed by atoms with Gasteiger partial charge in [0.05, 0.1) is 11.3 Å². The Hall–Kier alpha value is -3.62. The summed E-state index contributed by atoms with van der Waals surface area (Å²) < 4.78 is 15.6. The molecule has 0 radical (unpaired) electrons. The number of benzene rings is 1. The summed E-state index contributed by atoms with van der Waals surface area (Å²) in [6.45, 7) is 0.464. The number of nitrogens with zero attached hydrogens (tertiary/aromatic N) is 5. The standard InChI is InChI=1S/C18H15FN6O2/c19-14-6-5-12(9-15(14)24-8-2-4-16(24)26)23-18(27)13-3-1-7-21-17(13)25-11-20-10-22-25/h1,3,5-7,9-11H,2,4,8H2,(H,23,27). The normalized spacial score (nSPS) is 13.8.